The first-order valence-electron chi connectivity index (χ1n) is 5.98. The van der Waals surface area contributed by atoms with Crippen LogP contribution in [0.3, 0.4) is 0 Å². The Morgan fingerprint density at radius 1 is 1.59 bits per heavy atom. The lowest BCUT2D eigenvalue weighted by Crippen LogP contribution is -2.36. The van der Waals surface area contributed by atoms with E-state index >= 15 is 0 Å². The highest BCUT2D eigenvalue weighted by molar-refractivity contribution is 5.85. The number of nitrogens with two attached hydrogens (primary N) is 1. The van der Waals surface area contributed by atoms with Crippen molar-refractivity contribution in [3.8, 4) is 0 Å². The van der Waals surface area contributed by atoms with Gasteiger partial charge in [-0.1, -0.05) is 6.92 Å². The van der Waals surface area contributed by atoms with Gasteiger partial charge in [0.25, 0.3) is 0 Å². The van der Waals surface area contributed by atoms with Gasteiger partial charge in [-0.15, -0.1) is 12.4 Å². The average Bonchev–Trinajstić information content (AvgIpc) is 2.77. The molecule has 3 atom stereocenters. The van der Waals surface area contributed by atoms with E-state index < -0.39 is 0 Å². The van der Waals surface area contributed by atoms with E-state index in [4.69, 9.17) is 10.5 Å². The van der Waals surface area contributed by atoms with Gasteiger partial charge in [-0.25, -0.2) is 0 Å². The first-order valence-corrected chi connectivity index (χ1v) is 5.98. The molecule has 1 fully saturated rings. The number of aliphatic hydroxyl groups is 1. The van der Waals surface area contributed by atoms with E-state index in [0.717, 1.165) is 12.8 Å². The number of rotatable bonds is 6. The molecule has 0 radical (unpaired) electrons. The highest BCUT2D eigenvalue weighted by Gasteiger charge is 2.29. The van der Waals surface area contributed by atoms with Gasteiger partial charge in [-0.05, 0) is 25.7 Å². The predicted octanol–water partition coefficient (Wildman–Crippen LogP) is 0.192. The number of carbonyl (C=O) groups is 1. The van der Waals surface area contributed by atoms with Crippen molar-refractivity contribution < 1.29 is 14.6 Å². The molecule has 0 aromatic carbocycles. The second kappa shape index (κ2) is 8.69. The zero-order valence-corrected chi connectivity index (χ0v) is 11.0. The van der Waals surface area contributed by atoms with Crippen LogP contribution in [0.25, 0.3) is 0 Å². The predicted molar refractivity (Wildman–Crippen MR) is 68.1 cm³/mol. The molecule has 0 aliphatic carbocycles. The Bertz CT molecular complexity index is 229. The van der Waals surface area contributed by atoms with Crippen molar-refractivity contribution in [2.75, 3.05) is 13.1 Å². The summed E-state index contributed by atoms with van der Waals surface area (Å²) in [6.45, 7) is 2.89. The van der Waals surface area contributed by atoms with Crippen LogP contribution in [0.5, 0.6) is 0 Å². The van der Waals surface area contributed by atoms with Crippen molar-refractivity contribution in [3.05, 3.63) is 0 Å². The Labute approximate surface area is 108 Å². The fourth-order valence-electron chi connectivity index (χ4n) is 1.75. The van der Waals surface area contributed by atoms with Gasteiger partial charge in [-0.3, -0.25) is 4.79 Å². The summed E-state index contributed by atoms with van der Waals surface area (Å²) >= 11 is 0. The monoisotopic (exact) mass is 266 g/mol. The molecule has 1 unspecified atom stereocenters. The minimum atomic E-state index is -0.354. The molecule has 0 bridgehead atoms. The van der Waals surface area contributed by atoms with Crippen molar-refractivity contribution in [1.29, 1.82) is 0 Å². The highest BCUT2D eigenvalue weighted by Crippen LogP contribution is 2.18. The van der Waals surface area contributed by atoms with E-state index in [-0.39, 0.29) is 36.6 Å². The van der Waals surface area contributed by atoms with E-state index in [0.29, 0.717) is 25.9 Å². The summed E-state index contributed by atoms with van der Waals surface area (Å²) in [4.78, 5) is 11.6. The largest absolute Gasteiger partial charge is 0.393 e. The third kappa shape index (κ3) is 5.68. The first kappa shape index (κ1) is 16.6. The molecule has 1 amide bonds. The van der Waals surface area contributed by atoms with Crippen LogP contribution in [0, 0.1) is 0 Å². The Balaban J connectivity index is 0.00000256. The van der Waals surface area contributed by atoms with Crippen LogP contribution >= 0.6 is 12.4 Å². The Morgan fingerprint density at radius 3 is 2.82 bits per heavy atom. The van der Waals surface area contributed by atoms with Crippen LogP contribution in [0.2, 0.25) is 0 Å². The summed E-state index contributed by atoms with van der Waals surface area (Å²) in [7, 11) is 0. The number of carbonyl (C=O) groups excluding carboxylic acids is 1. The molecular formula is C11H23ClN2O3. The smallest absolute Gasteiger partial charge is 0.249 e. The second-order valence-electron chi connectivity index (χ2n) is 4.20. The van der Waals surface area contributed by atoms with Gasteiger partial charge in [0.1, 0.15) is 6.10 Å². The van der Waals surface area contributed by atoms with Crippen LogP contribution in [0.4, 0.5) is 0 Å². The fraction of sp³-hybridized carbons (Fsp3) is 0.909. The third-order valence-electron chi connectivity index (χ3n) is 2.91. The quantitative estimate of drug-likeness (QED) is 0.641. The maximum atomic E-state index is 11.6. The maximum absolute atomic E-state index is 11.6. The molecule has 1 heterocycles. The Hall–Kier alpha value is -0.360. The molecule has 1 aliphatic rings. The van der Waals surface area contributed by atoms with Crippen LogP contribution in [-0.4, -0.2) is 42.4 Å². The molecule has 1 aliphatic heterocycles. The number of hydrogen-bond donors (Lipinski definition) is 3. The normalized spacial score (nSPS) is 25.1. The Kier molecular flexibility index (Phi) is 8.51. The van der Waals surface area contributed by atoms with E-state index in [1.54, 1.807) is 0 Å². The van der Waals surface area contributed by atoms with Crippen LogP contribution in [0.15, 0.2) is 0 Å². The van der Waals surface area contributed by atoms with Crippen molar-refractivity contribution in [2.24, 2.45) is 5.73 Å². The Morgan fingerprint density at radius 2 is 2.29 bits per heavy atom. The molecule has 4 N–H and O–H groups in total. The number of halogens is 1. The number of aliphatic hydroxyl groups excluding tert-OH is 1. The molecule has 1 saturated heterocycles. The summed E-state index contributed by atoms with van der Waals surface area (Å²) in [5, 5.41) is 12.1. The van der Waals surface area contributed by atoms with Crippen molar-refractivity contribution in [2.45, 2.75) is 50.9 Å². The molecule has 5 nitrogen and oxygen atoms in total. The molecule has 0 aromatic heterocycles. The minimum absolute atomic E-state index is 0. The lowest BCUT2D eigenvalue weighted by molar-refractivity contribution is -0.131. The lowest BCUT2D eigenvalue weighted by Gasteiger charge is -2.13. The van der Waals surface area contributed by atoms with Crippen LogP contribution in [0.1, 0.15) is 32.6 Å². The highest BCUT2D eigenvalue weighted by atomic mass is 35.5. The van der Waals surface area contributed by atoms with Crippen molar-refractivity contribution in [1.82, 2.24) is 5.32 Å². The van der Waals surface area contributed by atoms with Gasteiger partial charge in [0.2, 0.25) is 5.91 Å². The fourth-order valence-corrected chi connectivity index (χ4v) is 1.75. The van der Waals surface area contributed by atoms with E-state index in [9.17, 15) is 9.90 Å². The van der Waals surface area contributed by atoms with Crippen LogP contribution < -0.4 is 11.1 Å². The molecule has 0 saturated carbocycles. The zero-order chi connectivity index (χ0) is 12.0. The van der Waals surface area contributed by atoms with Gasteiger partial charge < -0.3 is 20.9 Å². The minimum Gasteiger partial charge on any atom is -0.393 e. The number of amides is 1. The molecule has 17 heavy (non-hydrogen) atoms. The number of ether oxygens (including phenoxy) is 1. The second-order valence-corrected chi connectivity index (χ2v) is 4.20. The number of nitrogens with one attached hydrogen (secondary N) is 1. The molecule has 0 spiro atoms. The molecule has 0 aromatic rings. The van der Waals surface area contributed by atoms with Crippen LogP contribution in [-0.2, 0) is 9.53 Å². The van der Waals surface area contributed by atoms with Gasteiger partial charge in [-0.2, -0.15) is 0 Å². The molecule has 6 heteroatoms. The molecule has 1 rings (SSSR count). The zero-order valence-electron chi connectivity index (χ0n) is 10.2. The van der Waals surface area contributed by atoms with Gasteiger partial charge in [0.15, 0.2) is 0 Å². The third-order valence-corrected chi connectivity index (χ3v) is 2.91. The summed E-state index contributed by atoms with van der Waals surface area (Å²) in [5.74, 6) is -0.0840. The van der Waals surface area contributed by atoms with E-state index in [2.05, 4.69) is 5.32 Å². The maximum Gasteiger partial charge on any atom is 0.249 e. The van der Waals surface area contributed by atoms with E-state index in [1.807, 2.05) is 6.92 Å². The summed E-state index contributed by atoms with van der Waals surface area (Å²) in [6, 6.07) is 0. The topological polar surface area (TPSA) is 84.6 Å². The molecule has 102 valence electrons. The molecular weight excluding hydrogens is 244 g/mol. The standard InChI is InChI=1S/C11H22N2O3.ClH/c1-2-8(14)5-6-13-11(15)10-4-3-9(7-12)16-10;/h8-10,14H,2-7,12H2,1H3,(H,13,15);1H/t8?,9-,10+;/m1./s1. The lowest BCUT2D eigenvalue weighted by atomic mass is 10.2. The van der Waals surface area contributed by atoms with E-state index in [1.165, 1.54) is 0 Å². The van der Waals surface area contributed by atoms with Crippen molar-refractivity contribution in [3.63, 3.8) is 0 Å². The summed E-state index contributed by atoms with van der Waals surface area (Å²) in [5.41, 5.74) is 5.46. The number of hydrogen-bond acceptors (Lipinski definition) is 4. The van der Waals surface area contributed by atoms with Gasteiger partial charge in [0, 0.05) is 13.1 Å². The summed E-state index contributed by atoms with van der Waals surface area (Å²) in [6.07, 6.45) is 2.24. The van der Waals surface area contributed by atoms with Crippen molar-refractivity contribution >= 4 is 18.3 Å². The van der Waals surface area contributed by atoms with Gasteiger partial charge in [0.05, 0.1) is 12.2 Å². The van der Waals surface area contributed by atoms with Gasteiger partial charge >= 0.3 is 0 Å². The summed E-state index contributed by atoms with van der Waals surface area (Å²) < 4.78 is 5.46. The average molecular weight is 267 g/mol. The SMILES string of the molecule is CCC(O)CCNC(=O)[C@@H]1CC[C@H](CN)O1.Cl. The first-order chi connectivity index (χ1) is 7.67.